The standard InChI is InChI=1S/C28H43NO5/c1-17(4-11-26(33)34-29-24(31)9-10-25(29)32)21-7-8-22-20-6-5-18-16-19(30)12-14-27(18,2)23(20)13-15-28(21,22)3/h9-10,17-23,30-32H,4-8,11-16H2,1-3H3/t17-,18?,19-,20+,21-,22+,23+,27+,28-/m1/s1. The van der Waals surface area contributed by atoms with Gasteiger partial charge in [0.1, 0.15) is 0 Å². The van der Waals surface area contributed by atoms with E-state index in [0.717, 1.165) is 41.7 Å². The molecular weight excluding hydrogens is 430 g/mol. The summed E-state index contributed by atoms with van der Waals surface area (Å²) in [5.41, 5.74) is 0.755. The van der Waals surface area contributed by atoms with Crippen molar-refractivity contribution in [3.63, 3.8) is 0 Å². The van der Waals surface area contributed by atoms with Gasteiger partial charge in [0.25, 0.3) is 0 Å². The van der Waals surface area contributed by atoms with Crippen molar-refractivity contribution in [2.24, 2.45) is 46.3 Å². The smallest absolute Gasteiger partial charge is 0.333 e. The normalized spacial score (nSPS) is 42.4. The number of carbonyl (C=O) groups is 1. The summed E-state index contributed by atoms with van der Waals surface area (Å²) >= 11 is 0. The highest BCUT2D eigenvalue weighted by molar-refractivity contribution is 5.69. The van der Waals surface area contributed by atoms with Crippen LogP contribution < -0.4 is 4.84 Å². The van der Waals surface area contributed by atoms with Crippen LogP contribution in [0.5, 0.6) is 11.8 Å². The molecule has 5 rings (SSSR count). The number of hydrogen-bond acceptors (Lipinski definition) is 5. The lowest BCUT2D eigenvalue weighted by molar-refractivity contribution is -0.146. The highest BCUT2D eigenvalue weighted by Gasteiger charge is 2.60. The zero-order valence-corrected chi connectivity index (χ0v) is 21.1. The minimum Gasteiger partial charge on any atom is -0.492 e. The molecule has 6 nitrogen and oxygen atoms in total. The van der Waals surface area contributed by atoms with E-state index in [0.29, 0.717) is 28.6 Å². The van der Waals surface area contributed by atoms with Gasteiger partial charge in [0.15, 0.2) is 0 Å². The molecule has 0 aliphatic heterocycles. The molecule has 0 spiro atoms. The Kier molecular flexibility index (Phi) is 6.19. The van der Waals surface area contributed by atoms with Crippen molar-refractivity contribution in [2.45, 2.75) is 97.5 Å². The average Bonchev–Trinajstić information content (AvgIpc) is 3.32. The van der Waals surface area contributed by atoms with Crippen LogP contribution in [0.4, 0.5) is 0 Å². The van der Waals surface area contributed by atoms with Crippen LogP contribution in [-0.2, 0) is 4.79 Å². The summed E-state index contributed by atoms with van der Waals surface area (Å²) in [6.07, 6.45) is 11.9. The van der Waals surface area contributed by atoms with E-state index >= 15 is 0 Å². The molecule has 0 bridgehead atoms. The minimum absolute atomic E-state index is 0.0858. The summed E-state index contributed by atoms with van der Waals surface area (Å²) in [4.78, 5) is 17.6. The molecule has 1 heterocycles. The molecule has 1 aromatic rings. The number of aliphatic hydroxyl groups excluding tert-OH is 1. The third kappa shape index (κ3) is 3.84. The fourth-order valence-corrected chi connectivity index (χ4v) is 9.40. The lowest BCUT2D eigenvalue weighted by Gasteiger charge is -2.61. The lowest BCUT2D eigenvalue weighted by Crippen LogP contribution is -2.54. The Morgan fingerprint density at radius 3 is 2.44 bits per heavy atom. The van der Waals surface area contributed by atoms with Gasteiger partial charge < -0.3 is 20.2 Å². The van der Waals surface area contributed by atoms with E-state index in [2.05, 4.69) is 20.8 Å². The Morgan fingerprint density at radius 1 is 1.03 bits per heavy atom. The Labute approximate surface area is 203 Å². The number of carbonyl (C=O) groups excluding carboxylic acids is 1. The van der Waals surface area contributed by atoms with Crippen molar-refractivity contribution >= 4 is 5.97 Å². The van der Waals surface area contributed by atoms with Crippen LogP contribution in [0.25, 0.3) is 0 Å². The second kappa shape index (κ2) is 8.76. The predicted molar refractivity (Wildman–Crippen MR) is 129 cm³/mol. The van der Waals surface area contributed by atoms with E-state index in [4.69, 9.17) is 4.84 Å². The van der Waals surface area contributed by atoms with Crippen molar-refractivity contribution in [1.29, 1.82) is 0 Å². The van der Waals surface area contributed by atoms with Gasteiger partial charge in [-0.1, -0.05) is 20.8 Å². The fourth-order valence-electron chi connectivity index (χ4n) is 9.40. The van der Waals surface area contributed by atoms with Gasteiger partial charge in [0.05, 0.1) is 6.10 Å². The molecule has 0 saturated heterocycles. The predicted octanol–water partition coefficient (Wildman–Crippen LogP) is 5.29. The van der Waals surface area contributed by atoms with Gasteiger partial charge in [-0.25, -0.2) is 4.79 Å². The second-order valence-electron chi connectivity index (χ2n) is 12.6. The SMILES string of the molecule is C[C@H](CCC(=O)On1c(O)ccc1O)[C@H]1CC[C@H]2[C@@H]3CCC4C[C@H](O)CC[C@]4(C)[C@H]3CC[C@]12C. The number of rotatable bonds is 5. The molecule has 3 N–H and O–H groups in total. The number of aromatic hydroxyl groups is 2. The van der Waals surface area contributed by atoms with Crippen LogP contribution in [0.3, 0.4) is 0 Å². The topological polar surface area (TPSA) is 91.9 Å². The summed E-state index contributed by atoms with van der Waals surface area (Å²) in [6, 6.07) is 2.59. The lowest BCUT2D eigenvalue weighted by atomic mass is 9.44. The molecule has 0 radical (unpaired) electrons. The third-order valence-corrected chi connectivity index (χ3v) is 11.2. The molecular formula is C28H43NO5. The first-order chi connectivity index (χ1) is 16.1. The van der Waals surface area contributed by atoms with Crippen LogP contribution >= 0.6 is 0 Å². The molecule has 4 aliphatic rings. The van der Waals surface area contributed by atoms with E-state index in [-0.39, 0.29) is 24.3 Å². The molecule has 4 saturated carbocycles. The van der Waals surface area contributed by atoms with Crippen molar-refractivity contribution in [2.75, 3.05) is 0 Å². The van der Waals surface area contributed by atoms with Crippen molar-refractivity contribution < 1.29 is 25.0 Å². The molecule has 190 valence electrons. The van der Waals surface area contributed by atoms with Crippen LogP contribution in [0.1, 0.15) is 91.4 Å². The van der Waals surface area contributed by atoms with Crippen molar-refractivity contribution in [3.8, 4) is 11.8 Å². The van der Waals surface area contributed by atoms with Gasteiger partial charge in [-0.2, -0.15) is 0 Å². The number of aromatic nitrogens is 1. The van der Waals surface area contributed by atoms with Gasteiger partial charge in [-0.15, -0.1) is 4.73 Å². The van der Waals surface area contributed by atoms with Crippen molar-refractivity contribution in [3.05, 3.63) is 12.1 Å². The van der Waals surface area contributed by atoms with E-state index in [9.17, 15) is 20.1 Å². The highest BCUT2D eigenvalue weighted by atomic mass is 16.7. The first kappa shape index (κ1) is 24.0. The van der Waals surface area contributed by atoms with Crippen LogP contribution in [0.2, 0.25) is 0 Å². The molecule has 9 atom stereocenters. The molecule has 4 aliphatic carbocycles. The first-order valence-electron chi connectivity index (χ1n) is 13.6. The van der Waals surface area contributed by atoms with Gasteiger partial charge >= 0.3 is 5.97 Å². The second-order valence-corrected chi connectivity index (χ2v) is 12.6. The van der Waals surface area contributed by atoms with Crippen LogP contribution in [-0.4, -0.2) is 32.1 Å². The van der Waals surface area contributed by atoms with Crippen LogP contribution in [0, 0.1) is 46.3 Å². The molecule has 0 aromatic carbocycles. The minimum atomic E-state index is -0.428. The van der Waals surface area contributed by atoms with E-state index in [1.165, 1.54) is 57.1 Å². The Bertz CT molecular complexity index is 893. The maximum atomic E-state index is 12.4. The zero-order chi connectivity index (χ0) is 24.3. The zero-order valence-electron chi connectivity index (χ0n) is 21.1. The summed E-state index contributed by atoms with van der Waals surface area (Å²) in [7, 11) is 0. The molecule has 34 heavy (non-hydrogen) atoms. The molecule has 0 amide bonds. The fraction of sp³-hybridized carbons (Fsp3) is 0.821. The number of aliphatic hydroxyl groups is 1. The van der Waals surface area contributed by atoms with E-state index < -0.39 is 5.97 Å². The van der Waals surface area contributed by atoms with Crippen LogP contribution in [0.15, 0.2) is 12.1 Å². The monoisotopic (exact) mass is 473 g/mol. The summed E-state index contributed by atoms with van der Waals surface area (Å²) in [5, 5.41) is 29.7. The average molecular weight is 474 g/mol. The Morgan fingerprint density at radius 2 is 1.71 bits per heavy atom. The van der Waals surface area contributed by atoms with Gasteiger partial charge in [0, 0.05) is 18.6 Å². The Balaban J connectivity index is 1.22. The molecule has 6 heteroatoms. The van der Waals surface area contributed by atoms with E-state index in [1.54, 1.807) is 0 Å². The number of hydrogen-bond donors (Lipinski definition) is 3. The molecule has 4 fully saturated rings. The van der Waals surface area contributed by atoms with Gasteiger partial charge in [0.2, 0.25) is 11.8 Å². The summed E-state index contributed by atoms with van der Waals surface area (Å²) in [5.74, 6) is 3.17. The maximum absolute atomic E-state index is 12.4. The summed E-state index contributed by atoms with van der Waals surface area (Å²) in [6.45, 7) is 7.38. The quantitative estimate of drug-likeness (QED) is 0.540. The highest BCUT2D eigenvalue weighted by Crippen LogP contribution is 2.68. The third-order valence-electron chi connectivity index (χ3n) is 11.2. The molecule has 1 aromatic heterocycles. The summed E-state index contributed by atoms with van der Waals surface area (Å²) < 4.78 is 0.780. The molecule has 1 unspecified atom stereocenters. The van der Waals surface area contributed by atoms with Crippen molar-refractivity contribution in [1.82, 2.24) is 4.73 Å². The maximum Gasteiger partial charge on any atom is 0.333 e. The van der Waals surface area contributed by atoms with Gasteiger partial charge in [-0.3, -0.25) is 0 Å². The first-order valence-corrected chi connectivity index (χ1v) is 13.6. The largest absolute Gasteiger partial charge is 0.492 e. The number of fused-ring (bicyclic) bond motifs is 5. The Hall–Kier alpha value is -1.69. The number of nitrogens with zero attached hydrogens (tertiary/aromatic N) is 1. The van der Waals surface area contributed by atoms with Gasteiger partial charge in [-0.05, 0) is 111 Å². The van der Waals surface area contributed by atoms with E-state index in [1.807, 2.05) is 0 Å².